The van der Waals surface area contributed by atoms with Crippen LogP contribution >= 0.6 is 58.0 Å². The van der Waals surface area contributed by atoms with Gasteiger partial charge in [-0.05, 0) is 55.3 Å². The molecule has 2 aliphatic rings. The molecule has 3 aromatic carbocycles. The van der Waals surface area contributed by atoms with E-state index < -0.39 is 29.8 Å². The molecule has 5 rings (SSSR count). The van der Waals surface area contributed by atoms with Crippen LogP contribution in [0.2, 0.25) is 25.1 Å². The molecule has 0 spiro atoms. The number of nitrogens with zero attached hydrogens (tertiary/aromatic N) is 2. The van der Waals surface area contributed by atoms with Crippen LogP contribution in [0.25, 0.3) is 0 Å². The van der Waals surface area contributed by atoms with E-state index in [1.54, 1.807) is 47.4 Å². The largest absolute Gasteiger partial charge is 0.494 e. The summed E-state index contributed by atoms with van der Waals surface area (Å²) in [4.78, 5) is 43.2. The number of rotatable bonds is 5. The van der Waals surface area contributed by atoms with E-state index in [2.05, 4.69) is 0 Å². The van der Waals surface area contributed by atoms with E-state index in [4.69, 9.17) is 62.7 Å². The monoisotopic (exact) mass is 596 g/mol. The summed E-state index contributed by atoms with van der Waals surface area (Å²) in [6.07, 6.45) is 0. The van der Waals surface area contributed by atoms with Crippen LogP contribution in [0.5, 0.6) is 5.75 Å². The van der Waals surface area contributed by atoms with E-state index >= 15 is 0 Å². The molecule has 0 saturated carbocycles. The third-order valence-electron chi connectivity index (χ3n) is 6.43. The van der Waals surface area contributed by atoms with Gasteiger partial charge in [0, 0.05) is 10.7 Å². The maximum absolute atomic E-state index is 13.7. The van der Waals surface area contributed by atoms with Gasteiger partial charge in [0.05, 0.1) is 43.9 Å². The summed E-state index contributed by atoms with van der Waals surface area (Å²) in [5, 5.41) is -0.154. The summed E-state index contributed by atoms with van der Waals surface area (Å²) >= 11 is 31.1. The Morgan fingerprint density at radius 3 is 1.84 bits per heavy atom. The smallest absolute Gasteiger partial charge is 0.264 e. The van der Waals surface area contributed by atoms with Crippen LogP contribution in [0, 0.1) is 6.92 Å². The van der Waals surface area contributed by atoms with Gasteiger partial charge < -0.3 is 9.64 Å². The lowest BCUT2D eigenvalue weighted by molar-refractivity contribution is -0.130. The molecule has 3 amide bonds. The third-order valence-corrected chi connectivity index (χ3v) is 8.47. The van der Waals surface area contributed by atoms with Crippen molar-refractivity contribution in [3.05, 3.63) is 89.8 Å². The number of hydrogen-bond donors (Lipinski definition) is 0. The van der Waals surface area contributed by atoms with Crippen molar-refractivity contribution >= 4 is 81.4 Å². The predicted octanol–water partition coefficient (Wildman–Crippen LogP) is 7.41. The Balaban J connectivity index is 1.63. The molecule has 0 aliphatic carbocycles. The van der Waals surface area contributed by atoms with Gasteiger partial charge in [0.1, 0.15) is 11.8 Å². The number of fused-ring (bicyclic) bond motifs is 1. The van der Waals surface area contributed by atoms with E-state index in [1.807, 2.05) is 13.8 Å². The van der Waals surface area contributed by atoms with Crippen molar-refractivity contribution in [1.82, 2.24) is 4.90 Å². The lowest BCUT2D eigenvalue weighted by Gasteiger charge is -2.50. The quantitative estimate of drug-likeness (QED) is 0.133. The standard InChI is InChI=1S/C26H17Cl5N2O4/c1-3-37-14-7-4-12(5-8-14)22-23(26(36)32(22)15-9-6-13(27)10-11(15)2)33-24(34)16-17(25(33)35)19(29)21(31)20(30)18(16)28/h4-10,22-23H,3H2,1-2H3. The van der Waals surface area contributed by atoms with Crippen molar-refractivity contribution in [2.45, 2.75) is 25.9 Å². The highest BCUT2D eigenvalue weighted by atomic mass is 35.5. The molecular weight excluding hydrogens is 582 g/mol. The zero-order valence-corrected chi connectivity index (χ0v) is 23.1. The second-order valence-corrected chi connectivity index (χ2v) is 10.5. The Morgan fingerprint density at radius 1 is 0.757 bits per heavy atom. The van der Waals surface area contributed by atoms with Gasteiger partial charge in [0.15, 0.2) is 0 Å². The molecule has 2 heterocycles. The van der Waals surface area contributed by atoms with Crippen molar-refractivity contribution < 1.29 is 19.1 Å². The van der Waals surface area contributed by atoms with E-state index in [1.165, 1.54) is 0 Å². The zero-order valence-electron chi connectivity index (χ0n) is 19.3. The fraction of sp³-hybridized carbons (Fsp3) is 0.192. The van der Waals surface area contributed by atoms with Crippen molar-refractivity contribution in [1.29, 1.82) is 0 Å². The number of carbonyl (C=O) groups excluding carboxylic acids is 3. The van der Waals surface area contributed by atoms with Crippen molar-refractivity contribution in [3.8, 4) is 5.75 Å². The summed E-state index contributed by atoms with van der Waals surface area (Å²) in [6, 6.07) is 10.4. The van der Waals surface area contributed by atoms with Gasteiger partial charge in [-0.25, -0.2) is 0 Å². The van der Waals surface area contributed by atoms with E-state index in [-0.39, 0.29) is 31.2 Å². The molecule has 0 bridgehead atoms. The van der Waals surface area contributed by atoms with E-state index in [0.29, 0.717) is 28.6 Å². The number of amides is 3. The first-order valence-corrected chi connectivity index (χ1v) is 13.0. The molecule has 3 aromatic rings. The van der Waals surface area contributed by atoms with Crippen LogP contribution in [0.3, 0.4) is 0 Å². The lowest BCUT2D eigenvalue weighted by Crippen LogP contribution is -2.67. The Hall–Kier alpha value is -2.48. The Bertz CT molecular complexity index is 1440. The number of β-lactam (4-membered cyclic amide) rings is 1. The third kappa shape index (κ3) is 3.98. The average Bonchev–Trinajstić information content (AvgIpc) is 3.12. The summed E-state index contributed by atoms with van der Waals surface area (Å²) in [5.41, 5.74) is 1.69. The highest BCUT2D eigenvalue weighted by Gasteiger charge is 2.58. The molecule has 1 saturated heterocycles. The number of aryl methyl sites for hydroxylation is 1. The minimum Gasteiger partial charge on any atom is -0.494 e. The topological polar surface area (TPSA) is 66.9 Å². The van der Waals surface area contributed by atoms with E-state index in [0.717, 1.165) is 10.5 Å². The van der Waals surface area contributed by atoms with Gasteiger partial charge in [-0.3, -0.25) is 19.3 Å². The number of ether oxygens (including phenoxy) is 1. The van der Waals surface area contributed by atoms with E-state index in [9.17, 15) is 14.4 Å². The molecule has 0 aromatic heterocycles. The molecule has 1 fully saturated rings. The SMILES string of the molecule is CCOc1ccc(C2C(N3C(=O)c4c(Cl)c(Cl)c(Cl)c(Cl)c4C3=O)C(=O)N2c2ccc(Cl)cc2C)cc1. The minimum atomic E-state index is -1.16. The summed E-state index contributed by atoms with van der Waals surface area (Å²) in [7, 11) is 0. The van der Waals surface area contributed by atoms with Gasteiger partial charge in [0.25, 0.3) is 17.7 Å². The average molecular weight is 599 g/mol. The van der Waals surface area contributed by atoms with Crippen LogP contribution < -0.4 is 9.64 Å². The van der Waals surface area contributed by atoms with Crippen molar-refractivity contribution in [2.75, 3.05) is 11.5 Å². The highest BCUT2D eigenvalue weighted by Crippen LogP contribution is 2.49. The number of carbonyl (C=O) groups is 3. The lowest BCUT2D eigenvalue weighted by atomic mass is 9.85. The van der Waals surface area contributed by atoms with Crippen LogP contribution in [-0.2, 0) is 4.79 Å². The predicted molar refractivity (Wildman–Crippen MR) is 145 cm³/mol. The number of halogens is 5. The molecule has 190 valence electrons. The first-order valence-electron chi connectivity index (χ1n) is 11.1. The number of benzene rings is 3. The zero-order chi connectivity index (χ0) is 26.8. The fourth-order valence-electron chi connectivity index (χ4n) is 4.76. The second kappa shape index (κ2) is 9.68. The number of anilines is 1. The van der Waals surface area contributed by atoms with Gasteiger partial charge >= 0.3 is 0 Å². The molecule has 37 heavy (non-hydrogen) atoms. The molecule has 6 nitrogen and oxygen atoms in total. The molecule has 2 unspecified atom stereocenters. The maximum atomic E-state index is 13.7. The normalized spacial score (nSPS) is 18.8. The molecular formula is C26H17Cl5N2O4. The molecule has 0 radical (unpaired) electrons. The minimum absolute atomic E-state index is 0.142. The maximum Gasteiger partial charge on any atom is 0.264 e. The fourth-order valence-corrected chi connectivity index (χ4v) is 6.00. The van der Waals surface area contributed by atoms with Crippen LogP contribution in [0.15, 0.2) is 42.5 Å². The van der Waals surface area contributed by atoms with Crippen molar-refractivity contribution in [3.63, 3.8) is 0 Å². The van der Waals surface area contributed by atoms with Crippen LogP contribution in [0.4, 0.5) is 5.69 Å². The van der Waals surface area contributed by atoms with Crippen LogP contribution in [0.1, 0.15) is 44.8 Å². The summed E-state index contributed by atoms with van der Waals surface area (Å²) in [6.45, 7) is 4.18. The summed E-state index contributed by atoms with van der Waals surface area (Å²) < 4.78 is 5.54. The number of hydrogen-bond acceptors (Lipinski definition) is 4. The molecule has 0 N–H and O–H groups in total. The molecule has 2 atom stereocenters. The summed E-state index contributed by atoms with van der Waals surface area (Å²) in [5.74, 6) is -1.35. The molecule has 2 aliphatic heterocycles. The first kappa shape index (κ1) is 26.1. The van der Waals surface area contributed by atoms with Gasteiger partial charge in [-0.1, -0.05) is 70.1 Å². The first-order chi connectivity index (χ1) is 17.6. The Kier molecular flexibility index (Phi) is 6.84. The van der Waals surface area contributed by atoms with Crippen molar-refractivity contribution in [2.24, 2.45) is 0 Å². The highest BCUT2D eigenvalue weighted by molar-refractivity contribution is 6.55. The van der Waals surface area contributed by atoms with Gasteiger partial charge in [-0.2, -0.15) is 0 Å². The Labute approximate surface area is 237 Å². The Morgan fingerprint density at radius 2 is 1.32 bits per heavy atom. The number of imide groups is 1. The van der Waals surface area contributed by atoms with Gasteiger partial charge in [-0.15, -0.1) is 0 Å². The van der Waals surface area contributed by atoms with Gasteiger partial charge in [0.2, 0.25) is 0 Å². The molecule has 11 heteroatoms. The second-order valence-electron chi connectivity index (χ2n) is 8.52. The van der Waals surface area contributed by atoms with Crippen LogP contribution in [-0.4, -0.2) is 35.3 Å².